The van der Waals surface area contributed by atoms with E-state index in [4.69, 9.17) is 10.5 Å². The zero-order valence-corrected chi connectivity index (χ0v) is 16.2. The average Bonchev–Trinajstić information content (AvgIpc) is 3.07. The number of rotatable bonds is 6. The third-order valence-electron chi connectivity index (χ3n) is 4.06. The standard InChI is InChI=1S/C17H20N6O4.ClH/c1-21-15-14(16(25)22(2)17(21)26)23(10-19-15)9-13(24)20-11-3-5-12(6-4-11)27-8-7-18;/h3-6,10H,7-9,18H2,1-2H3,(H,20,24);1H. The lowest BCUT2D eigenvalue weighted by Gasteiger charge is -2.09. The predicted molar refractivity (Wildman–Crippen MR) is 107 cm³/mol. The van der Waals surface area contributed by atoms with Crippen molar-refractivity contribution in [3.63, 3.8) is 0 Å². The Kier molecular flexibility index (Phi) is 6.60. The third-order valence-corrected chi connectivity index (χ3v) is 4.06. The van der Waals surface area contributed by atoms with Gasteiger partial charge in [0, 0.05) is 26.3 Å². The summed E-state index contributed by atoms with van der Waals surface area (Å²) in [6.07, 6.45) is 1.37. The van der Waals surface area contributed by atoms with Crippen LogP contribution in [-0.4, -0.2) is 37.7 Å². The monoisotopic (exact) mass is 408 g/mol. The van der Waals surface area contributed by atoms with Crippen molar-refractivity contribution in [2.45, 2.75) is 6.54 Å². The van der Waals surface area contributed by atoms with E-state index in [-0.39, 0.29) is 36.0 Å². The molecule has 0 fully saturated rings. The zero-order valence-electron chi connectivity index (χ0n) is 15.4. The molecule has 0 spiro atoms. The molecule has 0 aliphatic heterocycles. The van der Waals surface area contributed by atoms with Crippen LogP contribution in [0.15, 0.2) is 40.2 Å². The van der Waals surface area contributed by atoms with Gasteiger partial charge >= 0.3 is 5.69 Å². The first-order valence-electron chi connectivity index (χ1n) is 8.26. The summed E-state index contributed by atoms with van der Waals surface area (Å²) in [6.45, 7) is 0.717. The number of nitrogens with one attached hydrogen (secondary N) is 1. The first kappa shape index (κ1) is 21.2. The van der Waals surface area contributed by atoms with E-state index in [1.165, 1.54) is 29.6 Å². The summed E-state index contributed by atoms with van der Waals surface area (Å²) in [7, 11) is 2.91. The van der Waals surface area contributed by atoms with Crippen molar-refractivity contribution < 1.29 is 9.53 Å². The van der Waals surface area contributed by atoms with Crippen LogP contribution in [-0.2, 0) is 25.4 Å². The fraction of sp³-hybridized carbons (Fsp3) is 0.294. The molecule has 2 heterocycles. The van der Waals surface area contributed by atoms with Gasteiger partial charge in [-0.15, -0.1) is 12.4 Å². The molecule has 1 aromatic carbocycles. The van der Waals surface area contributed by atoms with E-state index in [9.17, 15) is 14.4 Å². The number of nitrogens with two attached hydrogens (primary N) is 1. The van der Waals surface area contributed by atoms with Crippen molar-refractivity contribution in [1.29, 1.82) is 0 Å². The van der Waals surface area contributed by atoms with E-state index in [0.717, 1.165) is 4.57 Å². The maximum absolute atomic E-state index is 12.4. The Morgan fingerprint density at radius 3 is 2.50 bits per heavy atom. The van der Waals surface area contributed by atoms with E-state index >= 15 is 0 Å². The Bertz CT molecular complexity index is 1100. The largest absolute Gasteiger partial charge is 0.492 e. The van der Waals surface area contributed by atoms with Gasteiger partial charge in [-0.05, 0) is 24.3 Å². The van der Waals surface area contributed by atoms with Crippen LogP contribution < -0.4 is 27.0 Å². The minimum atomic E-state index is -0.500. The Morgan fingerprint density at radius 2 is 1.86 bits per heavy atom. The number of carbonyl (C=O) groups is 1. The first-order valence-corrected chi connectivity index (χ1v) is 8.26. The van der Waals surface area contributed by atoms with Crippen molar-refractivity contribution in [1.82, 2.24) is 18.7 Å². The topological polar surface area (TPSA) is 126 Å². The zero-order chi connectivity index (χ0) is 19.6. The number of hydrogen-bond donors (Lipinski definition) is 2. The number of aryl methyl sites for hydroxylation is 1. The summed E-state index contributed by atoms with van der Waals surface area (Å²) in [5, 5.41) is 2.74. The number of amides is 1. The van der Waals surface area contributed by atoms with Crippen molar-refractivity contribution in [2.24, 2.45) is 19.8 Å². The maximum atomic E-state index is 12.4. The van der Waals surface area contributed by atoms with E-state index in [2.05, 4.69) is 10.3 Å². The van der Waals surface area contributed by atoms with Crippen LogP contribution in [0.1, 0.15) is 0 Å². The molecule has 28 heavy (non-hydrogen) atoms. The van der Waals surface area contributed by atoms with Gasteiger partial charge in [-0.3, -0.25) is 18.7 Å². The summed E-state index contributed by atoms with van der Waals surface area (Å²) in [6, 6.07) is 6.86. The van der Waals surface area contributed by atoms with Crippen LogP contribution in [0.5, 0.6) is 5.75 Å². The van der Waals surface area contributed by atoms with Crippen LogP contribution in [0.25, 0.3) is 11.2 Å². The molecule has 11 heteroatoms. The van der Waals surface area contributed by atoms with Gasteiger partial charge in [0.15, 0.2) is 11.2 Å². The highest BCUT2D eigenvalue weighted by Crippen LogP contribution is 2.15. The van der Waals surface area contributed by atoms with E-state index in [1.54, 1.807) is 24.3 Å². The quantitative estimate of drug-likeness (QED) is 0.583. The molecule has 3 rings (SSSR count). The number of halogens is 1. The molecular weight excluding hydrogens is 388 g/mol. The summed E-state index contributed by atoms with van der Waals surface area (Å²) in [5.74, 6) is 0.323. The van der Waals surface area contributed by atoms with Gasteiger partial charge in [-0.1, -0.05) is 0 Å². The van der Waals surface area contributed by atoms with Gasteiger partial charge in [0.25, 0.3) is 5.56 Å². The fourth-order valence-corrected chi connectivity index (χ4v) is 2.68. The number of nitrogens with zero attached hydrogens (tertiary/aromatic N) is 4. The molecule has 0 saturated carbocycles. The van der Waals surface area contributed by atoms with Crippen molar-refractivity contribution in [2.75, 3.05) is 18.5 Å². The summed E-state index contributed by atoms with van der Waals surface area (Å²) in [4.78, 5) is 40.8. The number of ether oxygens (including phenoxy) is 1. The van der Waals surface area contributed by atoms with Crippen molar-refractivity contribution in [3.05, 3.63) is 51.4 Å². The molecule has 150 valence electrons. The maximum Gasteiger partial charge on any atom is 0.332 e. The molecule has 2 aromatic heterocycles. The first-order chi connectivity index (χ1) is 12.9. The number of hydrogen-bond acceptors (Lipinski definition) is 6. The van der Waals surface area contributed by atoms with Crippen LogP contribution in [0, 0.1) is 0 Å². The van der Waals surface area contributed by atoms with Crippen LogP contribution >= 0.6 is 12.4 Å². The van der Waals surface area contributed by atoms with Crippen LogP contribution in [0.4, 0.5) is 5.69 Å². The minimum Gasteiger partial charge on any atom is -0.492 e. The summed E-state index contributed by atoms with van der Waals surface area (Å²) in [5.41, 5.74) is 5.42. The number of carbonyl (C=O) groups excluding carboxylic acids is 1. The lowest BCUT2D eigenvalue weighted by atomic mass is 10.3. The Labute approximate surface area is 165 Å². The Morgan fingerprint density at radius 1 is 1.18 bits per heavy atom. The van der Waals surface area contributed by atoms with Gasteiger partial charge in [0.2, 0.25) is 5.91 Å². The molecular formula is C17H21ClN6O4. The van der Waals surface area contributed by atoms with Crippen LogP contribution in [0.2, 0.25) is 0 Å². The second-order valence-electron chi connectivity index (χ2n) is 5.96. The SMILES string of the molecule is Cl.Cn1c(=O)c2c(ncn2CC(=O)Nc2ccc(OCCN)cc2)n(C)c1=O. The molecule has 0 radical (unpaired) electrons. The smallest absolute Gasteiger partial charge is 0.332 e. The number of fused-ring (bicyclic) bond motifs is 1. The van der Waals surface area contributed by atoms with Gasteiger partial charge in [-0.25, -0.2) is 9.78 Å². The second kappa shape index (κ2) is 8.72. The highest BCUT2D eigenvalue weighted by atomic mass is 35.5. The number of aromatic nitrogens is 4. The number of benzene rings is 1. The van der Waals surface area contributed by atoms with Gasteiger partial charge in [0.05, 0.1) is 6.33 Å². The van der Waals surface area contributed by atoms with Crippen molar-refractivity contribution in [3.8, 4) is 5.75 Å². The van der Waals surface area contributed by atoms with E-state index in [0.29, 0.717) is 24.6 Å². The predicted octanol–water partition coefficient (Wildman–Crippen LogP) is -0.168. The van der Waals surface area contributed by atoms with E-state index in [1.807, 2.05) is 0 Å². The highest BCUT2D eigenvalue weighted by Gasteiger charge is 2.16. The average molecular weight is 409 g/mol. The number of anilines is 1. The second-order valence-corrected chi connectivity index (χ2v) is 5.96. The normalized spacial score (nSPS) is 10.5. The summed E-state index contributed by atoms with van der Waals surface area (Å²) < 4.78 is 9.05. The molecule has 0 unspecified atom stereocenters. The highest BCUT2D eigenvalue weighted by molar-refractivity contribution is 5.91. The Balaban J connectivity index is 0.00000280. The molecule has 0 aliphatic rings. The van der Waals surface area contributed by atoms with Gasteiger partial charge in [-0.2, -0.15) is 0 Å². The molecule has 0 aliphatic carbocycles. The minimum absolute atomic E-state index is 0. The lowest BCUT2D eigenvalue weighted by molar-refractivity contribution is -0.116. The van der Waals surface area contributed by atoms with Crippen LogP contribution in [0.3, 0.4) is 0 Å². The third kappa shape index (κ3) is 4.07. The fourth-order valence-electron chi connectivity index (χ4n) is 2.68. The van der Waals surface area contributed by atoms with Gasteiger partial charge in [0.1, 0.15) is 18.9 Å². The summed E-state index contributed by atoms with van der Waals surface area (Å²) >= 11 is 0. The van der Waals surface area contributed by atoms with Crippen molar-refractivity contribution >= 4 is 35.2 Å². The van der Waals surface area contributed by atoms with Gasteiger partial charge < -0.3 is 20.4 Å². The van der Waals surface area contributed by atoms with E-state index < -0.39 is 11.2 Å². The molecule has 1 amide bonds. The molecule has 0 atom stereocenters. The Hall–Kier alpha value is -3.11. The molecule has 3 aromatic rings. The molecule has 3 N–H and O–H groups in total. The molecule has 0 bridgehead atoms. The molecule has 10 nitrogen and oxygen atoms in total. The lowest BCUT2D eigenvalue weighted by Crippen LogP contribution is -2.37. The molecule has 0 saturated heterocycles. The number of imidazole rings is 1.